The van der Waals surface area contributed by atoms with Gasteiger partial charge in [-0.15, -0.1) is 0 Å². The fraction of sp³-hybridized carbons (Fsp3) is 0.533. The molecular formula is C15H23N3O. The standard InChI is InChI=1S/C15H23N3O/c1-15(2,16)14(18(3)4)11-5-7-12-10(9-11)6-8-13(19)17-12/h5,7,9,14H,6,8,16H2,1-4H3,(H,17,19). The lowest BCUT2D eigenvalue weighted by atomic mass is 9.87. The number of hydrogen-bond acceptors (Lipinski definition) is 3. The van der Waals surface area contributed by atoms with E-state index in [2.05, 4.69) is 22.3 Å². The SMILES string of the molecule is CN(C)C(c1ccc2c(c1)CCC(=O)N2)C(C)(C)N. The van der Waals surface area contributed by atoms with Crippen molar-refractivity contribution in [3.63, 3.8) is 0 Å². The first-order valence-electron chi connectivity index (χ1n) is 6.67. The second-order valence-corrected chi connectivity index (χ2v) is 6.15. The number of amides is 1. The Bertz CT molecular complexity index is 489. The third-order valence-corrected chi connectivity index (χ3v) is 3.56. The number of rotatable bonds is 3. The van der Waals surface area contributed by atoms with Crippen molar-refractivity contribution in [2.24, 2.45) is 5.73 Å². The van der Waals surface area contributed by atoms with Gasteiger partial charge in [-0.2, -0.15) is 0 Å². The van der Waals surface area contributed by atoms with Crippen molar-refractivity contribution in [2.45, 2.75) is 38.3 Å². The molecule has 1 aromatic rings. The molecule has 2 rings (SSSR count). The highest BCUT2D eigenvalue weighted by molar-refractivity contribution is 5.93. The lowest BCUT2D eigenvalue weighted by Crippen LogP contribution is -2.45. The van der Waals surface area contributed by atoms with Crippen molar-refractivity contribution < 1.29 is 4.79 Å². The number of carbonyl (C=O) groups is 1. The fourth-order valence-electron chi connectivity index (χ4n) is 2.97. The summed E-state index contributed by atoms with van der Waals surface area (Å²) >= 11 is 0. The average molecular weight is 261 g/mol. The van der Waals surface area contributed by atoms with E-state index in [-0.39, 0.29) is 17.5 Å². The highest BCUT2D eigenvalue weighted by Gasteiger charge is 2.29. The van der Waals surface area contributed by atoms with Crippen LogP contribution in [0, 0.1) is 0 Å². The van der Waals surface area contributed by atoms with Gasteiger partial charge < -0.3 is 16.0 Å². The minimum Gasteiger partial charge on any atom is -0.326 e. The van der Waals surface area contributed by atoms with Gasteiger partial charge in [0.1, 0.15) is 0 Å². The molecule has 3 N–H and O–H groups in total. The molecule has 1 aliphatic heterocycles. The molecule has 0 saturated carbocycles. The quantitative estimate of drug-likeness (QED) is 0.874. The first kappa shape index (κ1) is 14.0. The second kappa shape index (κ2) is 4.94. The summed E-state index contributed by atoms with van der Waals surface area (Å²) < 4.78 is 0. The van der Waals surface area contributed by atoms with E-state index in [4.69, 9.17) is 5.73 Å². The molecule has 19 heavy (non-hydrogen) atoms. The summed E-state index contributed by atoms with van der Waals surface area (Å²) in [5.74, 6) is 0.101. The Balaban J connectivity index is 2.38. The summed E-state index contributed by atoms with van der Waals surface area (Å²) in [4.78, 5) is 13.5. The predicted octanol–water partition coefficient (Wildman–Crippen LogP) is 1.91. The Hall–Kier alpha value is -1.39. The van der Waals surface area contributed by atoms with Crippen LogP contribution < -0.4 is 11.1 Å². The first-order valence-corrected chi connectivity index (χ1v) is 6.67. The van der Waals surface area contributed by atoms with Gasteiger partial charge in [-0.25, -0.2) is 0 Å². The van der Waals surface area contributed by atoms with E-state index >= 15 is 0 Å². The molecule has 0 aromatic heterocycles. The van der Waals surface area contributed by atoms with Gasteiger partial charge in [-0.3, -0.25) is 4.79 Å². The monoisotopic (exact) mass is 261 g/mol. The van der Waals surface area contributed by atoms with E-state index < -0.39 is 0 Å². The number of nitrogens with zero attached hydrogens (tertiary/aromatic N) is 1. The molecule has 0 aliphatic carbocycles. The van der Waals surface area contributed by atoms with E-state index in [0.29, 0.717) is 6.42 Å². The number of fused-ring (bicyclic) bond motifs is 1. The maximum absolute atomic E-state index is 11.4. The molecule has 0 radical (unpaired) electrons. The van der Waals surface area contributed by atoms with Crippen molar-refractivity contribution in [2.75, 3.05) is 19.4 Å². The molecule has 1 amide bonds. The fourth-order valence-corrected chi connectivity index (χ4v) is 2.97. The van der Waals surface area contributed by atoms with Gasteiger partial charge in [0.2, 0.25) is 5.91 Å². The third kappa shape index (κ3) is 2.96. The van der Waals surface area contributed by atoms with Crippen LogP contribution in [0.1, 0.15) is 37.4 Å². The number of benzene rings is 1. The van der Waals surface area contributed by atoms with E-state index in [1.807, 2.05) is 34.0 Å². The van der Waals surface area contributed by atoms with Gasteiger partial charge in [-0.05, 0) is 51.6 Å². The van der Waals surface area contributed by atoms with Crippen LogP contribution in [0.3, 0.4) is 0 Å². The molecule has 0 spiro atoms. The topological polar surface area (TPSA) is 58.4 Å². The molecule has 1 aliphatic rings. The molecule has 0 saturated heterocycles. The zero-order valence-electron chi connectivity index (χ0n) is 12.2. The van der Waals surface area contributed by atoms with Gasteiger partial charge in [-0.1, -0.05) is 12.1 Å². The zero-order chi connectivity index (χ0) is 14.2. The number of anilines is 1. The Morgan fingerprint density at radius 2 is 2.00 bits per heavy atom. The van der Waals surface area contributed by atoms with Gasteiger partial charge in [0.05, 0.1) is 6.04 Å². The Labute approximate surface area is 115 Å². The first-order chi connectivity index (χ1) is 8.79. The largest absolute Gasteiger partial charge is 0.326 e. The number of likely N-dealkylation sites (N-methyl/N-ethyl adjacent to an activating group) is 1. The lowest BCUT2D eigenvalue weighted by Gasteiger charge is -2.36. The molecule has 1 unspecified atom stereocenters. The summed E-state index contributed by atoms with van der Waals surface area (Å²) in [6.45, 7) is 4.08. The Morgan fingerprint density at radius 1 is 1.32 bits per heavy atom. The molecule has 1 heterocycles. The molecule has 4 nitrogen and oxygen atoms in total. The van der Waals surface area contributed by atoms with Gasteiger partial charge in [0.15, 0.2) is 0 Å². The van der Waals surface area contributed by atoms with Crippen molar-refractivity contribution in [3.05, 3.63) is 29.3 Å². The summed E-state index contributed by atoms with van der Waals surface area (Å²) in [6, 6.07) is 6.37. The number of nitrogens with two attached hydrogens (primary N) is 1. The van der Waals surface area contributed by atoms with Crippen LogP contribution in [0.5, 0.6) is 0 Å². The van der Waals surface area contributed by atoms with Crippen LogP contribution in [0.2, 0.25) is 0 Å². The van der Waals surface area contributed by atoms with Crippen molar-refractivity contribution in [3.8, 4) is 0 Å². The smallest absolute Gasteiger partial charge is 0.224 e. The number of hydrogen-bond donors (Lipinski definition) is 2. The summed E-state index contributed by atoms with van der Waals surface area (Å²) in [5.41, 5.74) is 9.32. The molecule has 0 fully saturated rings. The second-order valence-electron chi connectivity index (χ2n) is 6.15. The molecular weight excluding hydrogens is 238 g/mol. The maximum Gasteiger partial charge on any atom is 0.224 e. The van der Waals surface area contributed by atoms with E-state index in [1.165, 1.54) is 11.1 Å². The zero-order valence-corrected chi connectivity index (χ0v) is 12.2. The van der Waals surface area contributed by atoms with Gasteiger partial charge >= 0.3 is 0 Å². The summed E-state index contributed by atoms with van der Waals surface area (Å²) in [5, 5.41) is 2.91. The molecule has 104 valence electrons. The van der Waals surface area contributed by atoms with Crippen LogP contribution in [-0.4, -0.2) is 30.4 Å². The van der Waals surface area contributed by atoms with Crippen molar-refractivity contribution in [1.82, 2.24) is 4.90 Å². The Morgan fingerprint density at radius 3 is 2.58 bits per heavy atom. The number of aryl methyl sites for hydroxylation is 1. The molecule has 1 atom stereocenters. The van der Waals surface area contributed by atoms with Gasteiger partial charge in [0, 0.05) is 17.6 Å². The van der Waals surface area contributed by atoms with Crippen LogP contribution in [0.15, 0.2) is 18.2 Å². The van der Waals surface area contributed by atoms with E-state index in [0.717, 1.165) is 12.1 Å². The minimum absolute atomic E-state index is 0.101. The van der Waals surface area contributed by atoms with Crippen LogP contribution in [0.25, 0.3) is 0 Å². The summed E-state index contributed by atoms with van der Waals surface area (Å²) in [6.07, 6.45) is 1.37. The average Bonchev–Trinajstić information content (AvgIpc) is 2.27. The number of nitrogens with one attached hydrogen (secondary N) is 1. The van der Waals surface area contributed by atoms with Crippen molar-refractivity contribution in [1.29, 1.82) is 0 Å². The highest BCUT2D eigenvalue weighted by Crippen LogP contribution is 2.32. The maximum atomic E-state index is 11.4. The van der Waals surface area contributed by atoms with Gasteiger partial charge in [0.25, 0.3) is 0 Å². The molecule has 0 bridgehead atoms. The molecule has 1 aromatic carbocycles. The number of carbonyl (C=O) groups excluding carboxylic acids is 1. The summed E-state index contributed by atoms with van der Waals surface area (Å²) in [7, 11) is 4.08. The minimum atomic E-state index is -0.324. The Kier molecular flexibility index (Phi) is 3.65. The normalized spacial score (nSPS) is 17.1. The van der Waals surface area contributed by atoms with Crippen LogP contribution in [-0.2, 0) is 11.2 Å². The molecule has 4 heteroatoms. The highest BCUT2D eigenvalue weighted by atomic mass is 16.1. The van der Waals surface area contributed by atoms with Crippen molar-refractivity contribution >= 4 is 11.6 Å². The van der Waals surface area contributed by atoms with E-state index in [1.54, 1.807) is 0 Å². The lowest BCUT2D eigenvalue weighted by molar-refractivity contribution is -0.116. The third-order valence-electron chi connectivity index (χ3n) is 3.56. The van der Waals surface area contributed by atoms with Crippen LogP contribution in [0.4, 0.5) is 5.69 Å². The van der Waals surface area contributed by atoms with E-state index in [9.17, 15) is 4.79 Å². The van der Waals surface area contributed by atoms with Crippen LogP contribution >= 0.6 is 0 Å². The predicted molar refractivity (Wildman–Crippen MR) is 78.1 cm³/mol.